The van der Waals surface area contributed by atoms with Crippen LogP contribution in [0.15, 0.2) is 47.3 Å². The number of methoxy groups -OCH3 is 3. The molecule has 0 aromatic carbocycles. The molecular weight excluding hydrogens is 905 g/mol. The lowest BCUT2D eigenvalue weighted by Gasteiger charge is -2.55. The average molecular weight is 991 g/mol. The van der Waals surface area contributed by atoms with E-state index in [1.165, 1.54) is 33.3 Å². The van der Waals surface area contributed by atoms with Gasteiger partial charge in [-0.2, -0.15) is 0 Å². The van der Waals surface area contributed by atoms with Crippen LogP contribution in [0, 0.1) is 10.8 Å². The summed E-state index contributed by atoms with van der Waals surface area (Å²) in [5, 5.41) is -0.121. The van der Waals surface area contributed by atoms with Crippen LogP contribution in [0.5, 0.6) is 0 Å². The Morgan fingerprint density at radius 1 is 0.853 bits per heavy atom. The van der Waals surface area contributed by atoms with Gasteiger partial charge in [0, 0.05) is 57.3 Å². The van der Waals surface area contributed by atoms with Crippen molar-refractivity contribution < 1.29 is 65.9 Å². The maximum absolute atomic E-state index is 14.7. The molecule has 2 fully saturated rings. The van der Waals surface area contributed by atoms with E-state index in [1.54, 1.807) is 7.11 Å². The number of carbonyl (C=O) groups excluding carboxylic acids is 4. The lowest BCUT2D eigenvalue weighted by Crippen LogP contribution is -2.63. The SMILES string of the molecule is CC[Si](CC)(CC)O[C@H]1CC(=O)O[C@@H]([C@@H](C)O[Si](C)(C)C(C)(C)C)C[C@@H]2C/C(=C\C(=O)OC)C=C(O2)C(C)(C)/C=C\[C@H]2C/C(=C\C(=O)OC)C[C@@H](C[C@]3(OC)O[C@H](C1)C[C@H](OC(C)=O)C3(C)C)O2. The molecule has 4 aliphatic heterocycles. The van der Waals surface area contributed by atoms with Crippen LogP contribution in [-0.2, 0) is 65.9 Å². The quantitative estimate of drug-likeness (QED) is 0.0597. The topological polar surface area (TPSA) is 161 Å². The molecule has 0 saturated carbocycles. The van der Waals surface area contributed by atoms with Gasteiger partial charge in [-0.05, 0) is 87.9 Å². The third-order valence-electron chi connectivity index (χ3n) is 15.4. The molecule has 16 heteroatoms. The molecule has 4 rings (SSSR count). The Morgan fingerprint density at radius 2 is 1.49 bits per heavy atom. The highest BCUT2D eigenvalue weighted by Gasteiger charge is 2.59. The molecule has 0 aromatic heterocycles. The zero-order valence-electron chi connectivity index (χ0n) is 44.5. The highest BCUT2D eigenvalue weighted by Crippen LogP contribution is 2.51. The van der Waals surface area contributed by atoms with E-state index in [0.717, 1.165) is 23.7 Å². The van der Waals surface area contributed by atoms with E-state index in [0.29, 0.717) is 43.4 Å². The molecule has 0 aromatic rings. The van der Waals surface area contributed by atoms with Gasteiger partial charge in [0.1, 0.15) is 24.1 Å². The van der Waals surface area contributed by atoms with Crippen molar-refractivity contribution in [3.05, 3.63) is 47.3 Å². The first kappa shape index (κ1) is 57.5. The molecule has 4 heterocycles. The van der Waals surface area contributed by atoms with Crippen molar-refractivity contribution in [1.29, 1.82) is 0 Å². The molecule has 4 aliphatic rings. The summed E-state index contributed by atoms with van der Waals surface area (Å²) in [4.78, 5) is 53.1. The van der Waals surface area contributed by atoms with E-state index in [-0.39, 0.29) is 24.3 Å². The van der Waals surface area contributed by atoms with Crippen LogP contribution >= 0.6 is 0 Å². The van der Waals surface area contributed by atoms with Crippen LogP contribution in [0.25, 0.3) is 0 Å². The summed E-state index contributed by atoms with van der Waals surface area (Å²) in [5.74, 6) is -2.58. The Kier molecular flexibility index (Phi) is 19.8. The van der Waals surface area contributed by atoms with Gasteiger partial charge in [-0.15, -0.1) is 0 Å². The molecule has 68 heavy (non-hydrogen) atoms. The van der Waals surface area contributed by atoms with Crippen LogP contribution < -0.4 is 0 Å². The maximum atomic E-state index is 14.7. The molecule has 0 spiro atoms. The van der Waals surface area contributed by atoms with Crippen LogP contribution in [0.4, 0.5) is 0 Å². The highest BCUT2D eigenvalue weighted by atomic mass is 28.4. The van der Waals surface area contributed by atoms with E-state index in [4.69, 9.17) is 46.7 Å². The van der Waals surface area contributed by atoms with Crippen molar-refractivity contribution >= 4 is 40.5 Å². The zero-order valence-corrected chi connectivity index (χ0v) is 46.5. The predicted molar refractivity (Wildman–Crippen MR) is 265 cm³/mol. The summed E-state index contributed by atoms with van der Waals surface area (Å²) in [6.45, 7) is 28.7. The zero-order chi connectivity index (χ0) is 51.0. The van der Waals surface area contributed by atoms with Crippen molar-refractivity contribution in [1.82, 2.24) is 0 Å². The second kappa shape index (κ2) is 23.4. The third kappa shape index (κ3) is 14.5. The fourth-order valence-electron chi connectivity index (χ4n) is 9.84. The first-order valence-corrected chi connectivity index (χ1v) is 30.3. The minimum Gasteiger partial charge on any atom is -0.493 e. The Bertz CT molecular complexity index is 1880. The van der Waals surface area contributed by atoms with Gasteiger partial charge in [0.15, 0.2) is 22.4 Å². The number of rotatable bonds is 12. The van der Waals surface area contributed by atoms with Crippen LogP contribution in [0.1, 0.15) is 134 Å². The molecule has 6 bridgehead atoms. The standard InChI is InChI=1S/C52H86O14Si2/c1-18-68(19-2,20-3)66-41-29-40-31-45(60-35(5)53)51(11,12)52(59-15,64-40)33-42-25-36(27-46(54)57-13)23-38(61-42)21-22-50(9,10)44-26-37(28-47(55)58-14)24-39(62-44)30-43(63-48(56)32-41)34(4)65-67(16,17)49(6,7)8/h21-22,26-28,34,38-43,45H,18-20,23-25,29-33H2,1-17H3/b22-21-,36-27+,37-28+/t34-,38+,39+,40-,41-,42+,43-,45+,52+/m1/s1. The molecule has 0 N–H and O–H groups in total. The molecule has 0 amide bonds. The normalized spacial score (nSPS) is 31.6. The number of hydrogen-bond acceptors (Lipinski definition) is 14. The first-order chi connectivity index (χ1) is 31.6. The highest BCUT2D eigenvalue weighted by molar-refractivity contribution is 6.74. The Hall–Kier alpha value is -3.13. The van der Waals surface area contributed by atoms with Crippen molar-refractivity contribution in [3.8, 4) is 0 Å². The molecule has 386 valence electrons. The Balaban J connectivity index is 1.96. The van der Waals surface area contributed by atoms with Crippen LogP contribution in [0.2, 0.25) is 36.3 Å². The van der Waals surface area contributed by atoms with E-state index in [1.807, 2.05) is 52.8 Å². The van der Waals surface area contributed by atoms with E-state index >= 15 is 0 Å². The fraction of sp³-hybridized carbons (Fsp3) is 0.769. The second-order valence-corrected chi connectivity index (χ2v) is 31.5. The number of fused-ring (bicyclic) bond motifs is 6. The third-order valence-corrected chi connectivity index (χ3v) is 24.7. The molecular formula is C52H86O14Si2. The van der Waals surface area contributed by atoms with Gasteiger partial charge in [-0.3, -0.25) is 9.59 Å². The van der Waals surface area contributed by atoms with E-state index in [9.17, 15) is 19.2 Å². The lowest BCUT2D eigenvalue weighted by molar-refractivity contribution is -0.358. The molecule has 9 atom stereocenters. The molecule has 0 unspecified atom stereocenters. The smallest absolute Gasteiger partial charge is 0.330 e. The van der Waals surface area contributed by atoms with Gasteiger partial charge in [0.25, 0.3) is 0 Å². The van der Waals surface area contributed by atoms with E-state index in [2.05, 4.69) is 54.6 Å². The van der Waals surface area contributed by atoms with Gasteiger partial charge in [-0.25, -0.2) is 9.59 Å². The van der Waals surface area contributed by atoms with Gasteiger partial charge < -0.3 is 46.7 Å². The minimum atomic E-state index is -2.38. The summed E-state index contributed by atoms with van der Waals surface area (Å²) in [7, 11) is -0.430. The number of esters is 4. The maximum Gasteiger partial charge on any atom is 0.330 e. The predicted octanol–water partition coefficient (Wildman–Crippen LogP) is 10.4. The van der Waals surface area contributed by atoms with Crippen LogP contribution in [0.3, 0.4) is 0 Å². The first-order valence-electron chi connectivity index (χ1n) is 24.8. The minimum absolute atomic E-state index is 0.0589. The van der Waals surface area contributed by atoms with Gasteiger partial charge in [-0.1, -0.05) is 73.1 Å². The van der Waals surface area contributed by atoms with Crippen molar-refractivity contribution in [3.63, 3.8) is 0 Å². The van der Waals surface area contributed by atoms with Crippen molar-refractivity contribution in [2.24, 2.45) is 10.8 Å². The largest absolute Gasteiger partial charge is 0.493 e. The summed E-state index contributed by atoms with van der Waals surface area (Å²) in [5.41, 5.74) is -0.0842. The van der Waals surface area contributed by atoms with Crippen LogP contribution in [-0.4, -0.2) is 116 Å². The number of hydrogen-bond donors (Lipinski definition) is 0. The number of carbonyl (C=O) groups is 4. The lowest BCUT2D eigenvalue weighted by atomic mass is 9.70. The summed E-state index contributed by atoms with van der Waals surface area (Å²) < 4.78 is 64.6. The van der Waals surface area contributed by atoms with Crippen molar-refractivity contribution in [2.45, 2.75) is 225 Å². The second-order valence-electron chi connectivity index (χ2n) is 22.0. The van der Waals surface area contributed by atoms with Gasteiger partial charge >= 0.3 is 23.9 Å². The van der Waals surface area contributed by atoms with Gasteiger partial charge in [0.05, 0.1) is 56.6 Å². The van der Waals surface area contributed by atoms with E-state index < -0.39 is 106 Å². The number of cyclic esters (lactones) is 1. The molecule has 0 radical (unpaired) electrons. The Labute approximate surface area is 409 Å². The molecule has 2 saturated heterocycles. The fourth-order valence-corrected chi connectivity index (χ4v) is 14.2. The Morgan fingerprint density at radius 3 is 2.06 bits per heavy atom. The summed E-state index contributed by atoms with van der Waals surface area (Å²) >= 11 is 0. The molecule has 14 nitrogen and oxygen atoms in total. The average Bonchev–Trinajstić information content (AvgIpc) is 3.25. The summed E-state index contributed by atoms with van der Waals surface area (Å²) in [6, 6.07) is 2.56. The monoisotopic (exact) mass is 991 g/mol. The van der Waals surface area contributed by atoms with Gasteiger partial charge in [0.2, 0.25) is 0 Å². The number of allylic oxidation sites excluding steroid dienone is 2. The van der Waals surface area contributed by atoms with Crippen molar-refractivity contribution in [2.75, 3.05) is 21.3 Å². The summed E-state index contributed by atoms with van der Waals surface area (Å²) in [6.07, 6.45) is 6.55. The molecule has 0 aliphatic carbocycles. The number of ether oxygens (including phenoxy) is 8.